The van der Waals surface area contributed by atoms with E-state index in [0.29, 0.717) is 11.2 Å². The summed E-state index contributed by atoms with van der Waals surface area (Å²) in [4.78, 5) is 27.6. The standard InChI is InChI=1S/C14H15N3O3/c1-9(8-18)16-13(19)14(20)17-11-6-2-4-10-5-3-7-15-12(10)11/h2-7,9,18H,8H2,1H3,(H,16,19)(H,17,20). The summed E-state index contributed by atoms with van der Waals surface area (Å²) in [5.41, 5.74) is 1.09. The molecule has 0 radical (unpaired) electrons. The summed E-state index contributed by atoms with van der Waals surface area (Å²) in [6, 6.07) is 8.50. The minimum absolute atomic E-state index is 0.227. The van der Waals surface area contributed by atoms with Gasteiger partial charge >= 0.3 is 11.8 Å². The maximum atomic E-state index is 11.8. The van der Waals surface area contributed by atoms with Crippen LogP contribution < -0.4 is 10.6 Å². The van der Waals surface area contributed by atoms with Gasteiger partial charge in [0, 0.05) is 17.6 Å². The first-order valence-corrected chi connectivity index (χ1v) is 6.18. The normalized spacial score (nSPS) is 11.9. The summed E-state index contributed by atoms with van der Waals surface area (Å²) in [5.74, 6) is -1.58. The molecule has 1 atom stereocenters. The fraction of sp³-hybridized carbons (Fsp3) is 0.214. The second-order valence-corrected chi connectivity index (χ2v) is 4.39. The van der Waals surface area contributed by atoms with Crippen molar-refractivity contribution < 1.29 is 14.7 Å². The van der Waals surface area contributed by atoms with E-state index in [0.717, 1.165) is 5.39 Å². The number of aliphatic hydroxyl groups is 1. The minimum atomic E-state index is -0.792. The molecule has 0 aliphatic carbocycles. The van der Waals surface area contributed by atoms with Crippen LogP contribution in [-0.2, 0) is 9.59 Å². The number of fused-ring (bicyclic) bond motifs is 1. The number of pyridine rings is 1. The van der Waals surface area contributed by atoms with E-state index in [9.17, 15) is 9.59 Å². The molecule has 0 fully saturated rings. The number of hydrogen-bond donors (Lipinski definition) is 3. The van der Waals surface area contributed by atoms with Gasteiger partial charge in [-0.15, -0.1) is 0 Å². The number of carbonyl (C=O) groups is 2. The highest BCUT2D eigenvalue weighted by Crippen LogP contribution is 2.20. The fourth-order valence-electron chi connectivity index (χ4n) is 1.72. The molecule has 1 aromatic heterocycles. The zero-order valence-corrected chi connectivity index (χ0v) is 11.0. The van der Waals surface area contributed by atoms with Crippen LogP contribution in [0.1, 0.15) is 6.92 Å². The van der Waals surface area contributed by atoms with Crippen molar-refractivity contribution in [2.75, 3.05) is 11.9 Å². The molecule has 3 N–H and O–H groups in total. The highest BCUT2D eigenvalue weighted by Gasteiger charge is 2.16. The van der Waals surface area contributed by atoms with Crippen LogP contribution in [0.2, 0.25) is 0 Å². The van der Waals surface area contributed by atoms with Crippen LogP contribution in [0.4, 0.5) is 5.69 Å². The van der Waals surface area contributed by atoms with Gasteiger partial charge in [-0.25, -0.2) is 0 Å². The van der Waals surface area contributed by atoms with Crippen molar-refractivity contribution in [3.63, 3.8) is 0 Å². The van der Waals surface area contributed by atoms with Crippen molar-refractivity contribution in [2.24, 2.45) is 0 Å². The van der Waals surface area contributed by atoms with Crippen LogP contribution in [0.5, 0.6) is 0 Å². The maximum absolute atomic E-state index is 11.8. The van der Waals surface area contributed by atoms with Crippen molar-refractivity contribution in [1.29, 1.82) is 0 Å². The first-order chi connectivity index (χ1) is 9.61. The SMILES string of the molecule is CC(CO)NC(=O)C(=O)Nc1cccc2cccnc12. The summed E-state index contributed by atoms with van der Waals surface area (Å²) in [7, 11) is 0. The molecular formula is C14H15N3O3. The van der Waals surface area contributed by atoms with Crippen LogP contribution in [0.15, 0.2) is 36.5 Å². The third kappa shape index (κ3) is 3.10. The lowest BCUT2D eigenvalue weighted by atomic mass is 10.2. The predicted octanol–water partition coefficient (Wildman–Crippen LogP) is 0.670. The Balaban J connectivity index is 2.16. The van der Waals surface area contributed by atoms with Crippen LogP contribution >= 0.6 is 0 Å². The molecule has 2 amide bonds. The Hall–Kier alpha value is -2.47. The van der Waals surface area contributed by atoms with Gasteiger partial charge in [-0.1, -0.05) is 18.2 Å². The summed E-state index contributed by atoms with van der Waals surface area (Å²) in [6.45, 7) is 1.37. The van der Waals surface area contributed by atoms with Crippen molar-refractivity contribution in [3.05, 3.63) is 36.5 Å². The van der Waals surface area contributed by atoms with Crippen molar-refractivity contribution in [3.8, 4) is 0 Å². The quantitative estimate of drug-likeness (QED) is 0.717. The van der Waals surface area contributed by atoms with Crippen molar-refractivity contribution >= 4 is 28.4 Å². The summed E-state index contributed by atoms with van der Waals surface area (Å²) in [6.07, 6.45) is 1.62. The highest BCUT2D eigenvalue weighted by molar-refractivity contribution is 6.40. The number of anilines is 1. The number of hydrogen-bond acceptors (Lipinski definition) is 4. The molecular weight excluding hydrogens is 258 g/mol. The van der Waals surface area contributed by atoms with E-state index in [1.165, 1.54) is 0 Å². The minimum Gasteiger partial charge on any atom is -0.394 e. The van der Waals surface area contributed by atoms with E-state index < -0.39 is 17.9 Å². The van der Waals surface area contributed by atoms with Crippen LogP contribution in [-0.4, -0.2) is 34.6 Å². The fourth-order valence-corrected chi connectivity index (χ4v) is 1.72. The van der Waals surface area contributed by atoms with Crippen molar-refractivity contribution in [1.82, 2.24) is 10.3 Å². The largest absolute Gasteiger partial charge is 0.394 e. The predicted molar refractivity (Wildman–Crippen MR) is 75.1 cm³/mol. The van der Waals surface area contributed by atoms with Gasteiger partial charge in [0.15, 0.2) is 0 Å². The second-order valence-electron chi connectivity index (χ2n) is 4.39. The van der Waals surface area contributed by atoms with Gasteiger partial charge in [0.25, 0.3) is 0 Å². The molecule has 0 spiro atoms. The van der Waals surface area contributed by atoms with Crippen molar-refractivity contribution in [2.45, 2.75) is 13.0 Å². The Morgan fingerprint density at radius 1 is 1.25 bits per heavy atom. The van der Waals surface area contributed by atoms with Gasteiger partial charge in [-0.05, 0) is 19.1 Å². The van der Waals surface area contributed by atoms with E-state index in [4.69, 9.17) is 5.11 Å². The van der Waals surface area contributed by atoms with E-state index in [-0.39, 0.29) is 6.61 Å². The van der Waals surface area contributed by atoms with Gasteiger partial charge in [0.1, 0.15) is 0 Å². The summed E-state index contributed by atoms with van der Waals surface area (Å²) in [5, 5.41) is 14.6. The number of nitrogens with zero attached hydrogens (tertiary/aromatic N) is 1. The summed E-state index contributed by atoms with van der Waals surface area (Å²) < 4.78 is 0. The number of rotatable bonds is 3. The number of aromatic nitrogens is 1. The molecule has 2 rings (SSSR count). The van der Waals surface area contributed by atoms with Crippen LogP contribution in [0, 0.1) is 0 Å². The number of para-hydroxylation sites is 1. The van der Waals surface area contributed by atoms with Crippen LogP contribution in [0.3, 0.4) is 0 Å². The number of amides is 2. The molecule has 20 heavy (non-hydrogen) atoms. The van der Waals surface area contributed by atoms with Gasteiger partial charge in [-0.2, -0.15) is 0 Å². The van der Waals surface area contributed by atoms with E-state index in [2.05, 4.69) is 15.6 Å². The molecule has 2 aromatic rings. The van der Waals surface area contributed by atoms with Gasteiger partial charge in [0.05, 0.1) is 17.8 Å². The Kier molecular flexibility index (Phi) is 4.27. The molecule has 0 aliphatic rings. The monoisotopic (exact) mass is 273 g/mol. The lowest BCUT2D eigenvalue weighted by Crippen LogP contribution is -2.42. The van der Waals surface area contributed by atoms with E-state index in [1.807, 2.05) is 12.1 Å². The molecule has 104 valence electrons. The number of nitrogens with one attached hydrogen (secondary N) is 2. The van der Waals surface area contributed by atoms with E-state index >= 15 is 0 Å². The Morgan fingerprint density at radius 2 is 2.00 bits per heavy atom. The zero-order valence-electron chi connectivity index (χ0n) is 11.0. The number of aliphatic hydroxyl groups excluding tert-OH is 1. The Morgan fingerprint density at radius 3 is 2.75 bits per heavy atom. The first kappa shape index (κ1) is 14.0. The first-order valence-electron chi connectivity index (χ1n) is 6.18. The van der Waals surface area contributed by atoms with Gasteiger partial charge in [-0.3, -0.25) is 14.6 Å². The summed E-state index contributed by atoms with van der Waals surface area (Å²) >= 11 is 0. The topological polar surface area (TPSA) is 91.3 Å². The van der Waals surface area contributed by atoms with Gasteiger partial charge < -0.3 is 15.7 Å². The molecule has 6 nitrogen and oxygen atoms in total. The third-order valence-electron chi connectivity index (χ3n) is 2.74. The lowest BCUT2D eigenvalue weighted by molar-refractivity contribution is -0.136. The molecule has 1 heterocycles. The average Bonchev–Trinajstić information content (AvgIpc) is 2.47. The smallest absolute Gasteiger partial charge is 0.313 e. The maximum Gasteiger partial charge on any atom is 0.313 e. The highest BCUT2D eigenvalue weighted by atomic mass is 16.3. The molecule has 1 aromatic carbocycles. The zero-order chi connectivity index (χ0) is 14.5. The van der Waals surface area contributed by atoms with E-state index in [1.54, 1.807) is 31.3 Å². The lowest BCUT2D eigenvalue weighted by Gasteiger charge is -2.11. The molecule has 0 saturated carbocycles. The van der Waals surface area contributed by atoms with Gasteiger partial charge in [0.2, 0.25) is 0 Å². The van der Waals surface area contributed by atoms with Crippen LogP contribution in [0.25, 0.3) is 10.9 Å². The Bertz CT molecular complexity index is 637. The number of carbonyl (C=O) groups excluding carboxylic acids is 2. The third-order valence-corrected chi connectivity index (χ3v) is 2.74. The number of benzene rings is 1. The molecule has 1 unspecified atom stereocenters. The Labute approximate surface area is 115 Å². The molecule has 0 saturated heterocycles. The second kappa shape index (κ2) is 6.12. The molecule has 0 bridgehead atoms. The molecule has 6 heteroatoms. The average molecular weight is 273 g/mol. The molecule has 0 aliphatic heterocycles.